The summed E-state index contributed by atoms with van der Waals surface area (Å²) in [4.78, 5) is 10.9. The minimum absolute atomic E-state index is 0.146. The highest BCUT2D eigenvalue weighted by Gasteiger charge is 2.37. The van der Waals surface area contributed by atoms with Gasteiger partial charge in [0.1, 0.15) is 0 Å². The van der Waals surface area contributed by atoms with Gasteiger partial charge in [-0.3, -0.25) is 4.79 Å². The topological polar surface area (TPSA) is 116 Å². The number of amides is 1. The van der Waals surface area contributed by atoms with Crippen LogP contribution >= 0.6 is 11.3 Å². The van der Waals surface area contributed by atoms with Crippen LogP contribution in [0.1, 0.15) is 26.7 Å². The quantitative estimate of drug-likeness (QED) is 0.820. The lowest BCUT2D eigenvalue weighted by Gasteiger charge is -2.33. The molecule has 1 fully saturated rings. The zero-order valence-electron chi connectivity index (χ0n) is 11.7. The molecule has 10 heteroatoms. The maximum Gasteiger partial charge on any atom is 0.272 e. The average Bonchev–Trinajstić information content (AvgIpc) is 2.87. The molecule has 1 aliphatic heterocycles. The molecular weight excluding hydrogens is 314 g/mol. The van der Waals surface area contributed by atoms with E-state index in [4.69, 9.17) is 5.26 Å². The highest BCUT2D eigenvalue weighted by molar-refractivity contribution is 7.91. The van der Waals surface area contributed by atoms with Gasteiger partial charge in [0, 0.05) is 20.0 Å². The van der Waals surface area contributed by atoms with Gasteiger partial charge in [0.2, 0.25) is 15.4 Å². The monoisotopic (exact) mass is 329 g/mol. The van der Waals surface area contributed by atoms with Crippen LogP contribution in [0.2, 0.25) is 0 Å². The number of aromatic nitrogens is 2. The minimum atomic E-state index is -3.72. The molecule has 1 N–H and O–H groups in total. The molecule has 2 heterocycles. The van der Waals surface area contributed by atoms with Gasteiger partial charge in [0.15, 0.2) is 0 Å². The molecular formula is C11H15N5O3S2. The number of carbonyl (C=O) groups is 1. The largest absolute Gasteiger partial charge is 0.301 e. The van der Waals surface area contributed by atoms with Crippen molar-refractivity contribution in [3.05, 3.63) is 0 Å². The summed E-state index contributed by atoms with van der Waals surface area (Å²) in [6.07, 6.45) is 0.972. The highest BCUT2D eigenvalue weighted by Crippen LogP contribution is 2.33. The number of piperidine rings is 1. The molecule has 0 aromatic carbocycles. The Morgan fingerprint density at radius 1 is 1.43 bits per heavy atom. The van der Waals surface area contributed by atoms with Crippen LogP contribution in [-0.2, 0) is 14.8 Å². The van der Waals surface area contributed by atoms with Gasteiger partial charge in [-0.2, -0.15) is 9.57 Å². The van der Waals surface area contributed by atoms with Crippen molar-refractivity contribution in [2.45, 2.75) is 31.0 Å². The van der Waals surface area contributed by atoms with Crippen LogP contribution < -0.4 is 5.32 Å². The van der Waals surface area contributed by atoms with E-state index in [2.05, 4.69) is 21.6 Å². The number of nitrogens with one attached hydrogen (secondary N) is 1. The summed E-state index contributed by atoms with van der Waals surface area (Å²) in [5, 5.41) is 18.9. The van der Waals surface area contributed by atoms with Gasteiger partial charge in [0.25, 0.3) is 10.0 Å². The molecule has 1 saturated heterocycles. The summed E-state index contributed by atoms with van der Waals surface area (Å²) in [7, 11) is -3.72. The Hall–Kier alpha value is -1.57. The Kier molecular flexibility index (Phi) is 4.27. The van der Waals surface area contributed by atoms with Crippen molar-refractivity contribution in [2.24, 2.45) is 5.41 Å². The smallest absolute Gasteiger partial charge is 0.272 e. The molecule has 8 nitrogen and oxygen atoms in total. The molecule has 0 bridgehead atoms. The van der Waals surface area contributed by atoms with Crippen molar-refractivity contribution in [1.29, 1.82) is 5.26 Å². The molecule has 0 radical (unpaired) electrons. The Morgan fingerprint density at radius 2 is 2.05 bits per heavy atom. The van der Waals surface area contributed by atoms with Gasteiger partial charge >= 0.3 is 0 Å². The molecule has 0 unspecified atom stereocenters. The van der Waals surface area contributed by atoms with Crippen LogP contribution in [0.3, 0.4) is 0 Å². The van der Waals surface area contributed by atoms with E-state index < -0.39 is 15.4 Å². The molecule has 1 aromatic heterocycles. The normalized spacial score (nSPS) is 18.9. The first-order valence-electron chi connectivity index (χ1n) is 6.29. The van der Waals surface area contributed by atoms with Crippen molar-refractivity contribution < 1.29 is 13.2 Å². The number of anilines is 1. The van der Waals surface area contributed by atoms with Crippen LogP contribution in [0.25, 0.3) is 0 Å². The number of hydrogen-bond acceptors (Lipinski definition) is 7. The molecule has 1 amide bonds. The molecule has 1 aromatic rings. The number of nitriles is 1. The first-order chi connectivity index (χ1) is 9.77. The average molecular weight is 329 g/mol. The number of nitrogens with zero attached hydrogens (tertiary/aromatic N) is 4. The summed E-state index contributed by atoms with van der Waals surface area (Å²) in [6.45, 7) is 3.70. The summed E-state index contributed by atoms with van der Waals surface area (Å²) >= 11 is 0.819. The van der Waals surface area contributed by atoms with Crippen molar-refractivity contribution in [1.82, 2.24) is 14.5 Å². The van der Waals surface area contributed by atoms with E-state index in [0.29, 0.717) is 12.8 Å². The van der Waals surface area contributed by atoms with Crippen LogP contribution in [0.5, 0.6) is 0 Å². The second-order valence-electron chi connectivity index (χ2n) is 5.13. The lowest BCUT2D eigenvalue weighted by molar-refractivity contribution is -0.114. The summed E-state index contributed by atoms with van der Waals surface area (Å²) in [6, 6.07) is 2.22. The van der Waals surface area contributed by atoms with Gasteiger partial charge in [-0.1, -0.05) is 11.3 Å². The van der Waals surface area contributed by atoms with Crippen molar-refractivity contribution in [2.75, 3.05) is 18.4 Å². The summed E-state index contributed by atoms with van der Waals surface area (Å²) in [5.74, 6) is -0.335. The SMILES string of the molecule is CC(=O)Nc1nnc(S(=O)(=O)N2CCC(C)(C#N)CC2)s1. The lowest BCUT2D eigenvalue weighted by atomic mass is 9.83. The molecule has 0 spiro atoms. The summed E-state index contributed by atoms with van der Waals surface area (Å²) in [5.41, 5.74) is -0.478. The van der Waals surface area contributed by atoms with Crippen LogP contribution in [0, 0.1) is 16.7 Å². The lowest BCUT2D eigenvalue weighted by Crippen LogP contribution is -2.41. The van der Waals surface area contributed by atoms with E-state index in [-0.39, 0.29) is 28.5 Å². The maximum absolute atomic E-state index is 12.4. The zero-order valence-corrected chi connectivity index (χ0v) is 13.3. The molecule has 0 aliphatic carbocycles. The fourth-order valence-electron chi connectivity index (χ4n) is 1.96. The van der Waals surface area contributed by atoms with Crippen LogP contribution in [0.15, 0.2) is 4.34 Å². The standard InChI is InChI=1S/C11H15N5O3S2/c1-8(17)13-9-14-15-10(20-9)21(18,19)16-5-3-11(2,7-12)4-6-16/h3-6H2,1-2H3,(H,13,14,17). The van der Waals surface area contributed by atoms with E-state index in [1.54, 1.807) is 0 Å². The third-order valence-electron chi connectivity index (χ3n) is 3.35. The Balaban J connectivity index is 2.14. The Bertz CT molecular complexity index is 683. The predicted molar refractivity (Wildman–Crippen MR) is 75.9 cm³/mol. The van der Waals surface area contributed by atoms with E-state index in [0.717, 1.165) is 11.3 Å². The number of rotatable bonds is 3. The molecule has 21 heavy (non-hydrogen) atoms. The molecule has 0 atom stereocenters. The fraction of sp³-hybridized carbons (Fsp3) is 0.636. The Labute approximate surface area is 126 Å². The third-order valence-corrected chi connectivity index (χ3v) is 6.43. The number of sulfonamides is 1. The van der Waals surface area contributed by atoms with Crippen LogP contribution in [-0.4, -0.2) is 41.9 Å². The predicted octanol–water partition coefficient (Wildman–Crippen LogP) is 0.811. The fourth-order valence-corrected chi connectivity index (χ4v) is 4.48. The molecule has 114 valence electrons. The molecule has 1 aliphatic rings. The van der Waals surface area contributed by atoms with E-state index in [1.165, 1.54) is 11.2 Å². The Morgan fingerprint density at radius 3 is 2.57 bits per heavy atom. The first-order valence-corrected chi connectivity index (χ1v) is 8.55. The maximum atomic E-state index is 12.4. The van der Waals surface area contributed by atoms with Gasteiger partial charge in [-0.15, -0.1) is 10.2 Å². The van der Waals surface area contributed by atoms with Gasteiger partial charge in [-0.05, 0) is 19.8 Å². The second kappa shape index (κ2) is 5.67. The first kappa shape index (κ1) is 15.8. The molecule has 0 saturated carbocycles. The zero-order chi connectivity index (χ0) is 15.7. The van der Waals surface area contributed by atoms with E-state index >= 15 is 0 Å². The number of carbonyl (C=O) groups excluding carboxylic acids is 1. The van der Waals surface area contributed by atoms with Gasteiger partial charge in [0.05, 0.1) is 11.5 Å². The van der Waals surface area contributed by atoms with Crippen molar-refractivity contribution in [3.8, 4) is 6.07 Å². The van der Waals surface area contributed by atoms with Gasteiger partial charge < -0.3 is 5.32 Å². The third kappa shape index (κ3) is 3.37. The van der Waals surface area contributed by atoms with Gasteiger partial charge in [-0.25, -0.2) is 8.42 Å². The number of hydrogen-bond donors (Lipinski definition) is 1. The van der Waals surface area contributed by atoms with Crippen molar-refractivity contribution in [3.63, 3.8) is 0 Å². The van der Waals surface area contributed by atoms with E-state index in [1.807, 2.05) is 6.92 Å². The second-order valence-corrected chi connectivity index (χ2v) is 8.22. The van der Waals surface area contributed by atoms with E-state index in [9.17, 15) is 13.2 Å². The van der Waals surface area contributed by atoms with Crippen molar-refractivity contribution >= 4 is 32.4 Å². The minimum Gasteiger partial charge on any atom is -0.301 e. The van der Waals surface area contributed by atoms with Crippen LogP contribution in [0.4, 0.5) is 5.13 Å². The highest BCUT2D eigenvalue weighted by atomic mass is 32.2. The molecule has 2 rings (SSSR count). The summed E-state index contributed by atoms with van der Waals surface area (Å²) < 4.78 is 26.0.